The van der Waals surface area contributed by atoms with Gasteiger partial charge in [0.15, 0.2) is 5.60 Å². The van der Waals surface area contributed by atoms with Crippen LogP contribution >= 0.6 is 0 Å². The molecule has 1 saturated heterocycles. The number of phenols is 1. The zero-order valence-electron chi connectivity index (χ0n) is 22.5. The summed E-state index contributed by atoms with van der Waals surface area (Å²) in [5.74, 6) is 0.730. The van der Waals surface area contributed by atoms with Crippen molar-refractivity contribution < 1.29 is 27.8 Å². The van der Waals surface area contributed by atoms with Gasteiger partial charge in [0, 0.05) is 31.0 Å². The molecule has 1 aromatic carbocycles. The van der Waals surface area contributed by atoms with Crippen LogP contribution in [-0.4, -0.2) is 68.2 Å². The van der Waals surface area contributed by atoms with E-state index in [-0.39, 0.29) is 48.6 Å². The van der Waals surface area contributed by atoms with Crippen LogP contribution in [-0.2, 0) is 6.42 Å². The lowest BCUT2D eigenvalue weighted by molar-refractivity contribution is -0.272. The average Bonchev–Trinajstić information content (AvgIpc) is 3.68. The monoisotopic (exact) mass is 563 g/mol. The van der Waals surface area contributed by atoms with Gasteiger partial charge in [0.05, 0.1) is 24.0 Å². The van der Waals surface area contributed by atoms with Crippen LogP contribution in [0.1, 0.15) is 80.1 Å². The van der Waals surface area contributed by atoms with Gasteiger partial charge in [-0.15, -0.1) is 0 Å². The zero-order chi connectivity index (χ0) is 28.2. The largest absolute Gasteiger partial charge is 0.508 e. The number of hydrazine groups is 1. The molecule has 5 atom stereocenters. The van der Waals surface area contributed by atoms with E-state index >= 15 is 4.39 Å². The van der Waals surface area contributed by atoms with E-state index in [1.807, 2.05) is 13.0 Å². The van der Waals surface area contributed by atoms with E-state index in [2.05, 4.69) is 31.8 Å². The number of nitrogens with zero attached hydrogens (tertiary/aromatic N) is 2. The van der Waals surface area contributed by atoms with Gasteiger partial charge in [-0.25, -0.2) is 14.8 Å². The van der Waals surface area contributed by atoms with Crippen LogP contribution < -0.4 is 10.9 Å². The summed E-state index contributed by atoms with van der Waals surface area (Å²) in [6.07, 6.45) is 0.518. The second-order valence-electron chi connectivity index (χ2n) is 11.9. The standard InChI is InChI=1S/C29H37F4N5O2/c1-2-16-13-19(39)3-4-20(16)21-5-6-22-25(24(21)30)36-37-26(22)27-34-14-23(35-27)17-9-12-38(15-17)18-7-10-28(40,11-8-18)29(31,32)33/h3-4,9,13-14,18,21-22,24-26,36-37,39-40H,2,5-8,10-12,15H2,1H3,(H,34,35). The fourth-order valence-corrected chi connectivity index (χ4v) is 7.34. The number of aliphatic hydroxyl groups is 1. The zero-order valence-corrected chi connectivity index (χ0v) is 22.5. The van der Waals surface area contributed by atoms with E-state index in [0.29, 0.717) is 32.4 Å². The molecule has 0 amide bonds. The number of H-pyrrole nitrogens is 1. The minimum atomic E-state index is -4.59. The van der Waals surface area contributed by atoms with Crippen molar-refractivity contribution in [2.24, 2.45) is 5.92 Å². The number of aromatic amines is 1. The number of alkyl halides is 4. The Kier molecular flexibility index (Phi) is 7.21. The van der Waals surface area contributed by atoms with E-state index in [4.69, 9.17) is 0 Å². The van der Waals surface area contributed by atoms with E-state index in [0.717, 1.165) is 41.1 Å². The normalized spacial score (nSPS) is 35.1. The third kappa shape index (κ3) is 4.84. The van der Waals surface area contributed by atoms with Gasteiger partial charge in [-0.1, -0.05) is 19.1 Å². The lowest BCUT2D eigenvalue weighted by atomic mass is 9.71. The number of fused-ring (bicyclic) bond motifs is 1. The summed E-state index contributed by atoms with van der Waals surface area (Å²) in [4.78, 5) is 10.2. The highest BCUT2D eigenvalue weighted by atomic mass is 19.4. The molecule has 4 aliphatic rings. The molecule has 7 nitrogen and oxygen atoms in total. The number of aryl methyl sites for hydroxylation is 1. The molecular weight excluding hydrogens is 526 g/mol. The predicted octanol–water partition coefficient (Wildman–Crippen LogP) is 4.66. The Hall–Kier alpha value is -2.47. The quantitative estimate of drug-likeness (QED) is 0.340. The molecule has 2 aromatic rings. The predicted molar refractivity (Wildman–Crippen MR) is 142 cm³/mol. The fourth-order valence-electron chi connectivity index (χ4n) is 7.34. The van der Waals surface area contributed by atoms with Crippen molar-refractivity contribution >= 4 is 5.57 Å². The molecule has 5 N–H and O–H groups in total. The SMILES string of the molecule is CCc1cc(O)ccc1C1CCC2C(c3ncc(C4=CCN(C5CCC(O)(C(F)(F)F)CC5)C4)[nH]3)NNC2C1F. The number of hydrogen-bond acceptors (Lipinski definition) is 6. The Morgan fingerprint density at radius 3 is 2.62 bits per heavy atom. The van der Waals surface area contributed by atoms with Gasteiger partial charge >= 0.3 is 6.18 Å². The van der Waals surface area contributed by atoms with Gasteiger partial charge < -0.3 is 15.2 Å². The van der Waals surface area contributed by atoms with Crippen molar-refractivity contribution in [2.45, 2.75) is 93.9 Å². The third-order valence-corrected chi connectivity index (χ3v) is 9.75. The molecule has 11 heteroatoms. The Morgan fingerprint density at radius 1 is 1.12 bits per heavy atom. The van der Waals surface area contributed by atoms with Gasteiger partial charge in [0.1, 0.15) is 17.7 Å². The molecule has 0 bridgehead atoms. The number of halogens is 4. The Morgan fingerprint density at radius 2 is 1.90 bits per heavy atom. The van der Waals surface area contributed by atoms with Crippen LogP contribution in [0.2, 0.25) is 0 Å². The van der Waals surface area contributed by atoms with E-state index < -0.39 is 17.9 Å². The molecule has 40 heavy (non-hydrogen) atoms. The Balaban J connectivity index is 1.08. The topological polar surface area (TPSA) is 96.4 Å². The number of benzene rings is 1. The van der Waals surface area contributed by atoms with E-state index in [9.17, 15) is 23.4 Å². The average molecular weight is 564 g/mol. The van der Waals surface area contributed by atoms with Gasteiger partial charge in [-0.2, -0.15) is 13.2 Å². The summed E-state index contributed by atoms with van der Waals surface area (Å²) in [5.41, 5.74) is 7.75. The van der Waals surface area contributed by atoms with Gasteiger partial charge in [-0.05, 0) is 73.8 Å². The smallest absolute Gasteiger partial charge is 0.417 e. The van der Waals surface area contributed by atoms with Crippen LogP contribution in [0, 0.1) is 5.92 Å². The van der Waals surface area contributed by atoms with Gasteiger partial charge in [0.25, 0.3) is 0 Å². The highest BCUT2D eigenvalue weighted by Gasteiger charge is 2.55. The van der Waals surface area contributed by atoms with Crippen molar-refractivity contribution in [3.8, 4) is 5.75 Å². The van der Waals surface area contributed by atoms with Gasteiger partial charge in [-0.3, -0.25) is 10.3 Å². The lowest BCUT2D eigenvalue weighted by Crippen LogP contribution is -2.51. The second-order valence-corrected chi connectivity index (χ2v) is 11.9. The first-order valence-electron chi connectivity index (χ1n) is 14.3. The van der Waals surface area contributed by atoms with Gasteiger partial charge in [0.2, 0.25) is 0 Å². The summed E-state index contributed by atoms with van der Waals surface area (Å²) in [6, 6.07) is 4.69. The van der Waals surface area contributed by atoms with Crippen molar-refractivity contribution in [3.63, 3.8) is 0 Å². The number of aromatic nitrogens is 2. The van der Waals surface area contributed by atoms with E-state index in [1.165, 1.54) is 0 Å². The van der Waals surface area contributed by atoms with Crippen LogP contribution in [0.15, 0.2) is 30.5 Å². The summed E-state index contributed by atoms with van der Waals surface area (Å²) in [7, 11) is 0. The van der Waals surface area contributed by atoms with Crippen molar-refractivity contribution in [3.05, 3.63) is 53.1 Å². The Bertz CT molecular complexity index is 1260. The van der Waals surface area contributed by atoms with Crippen molar-refractivity contribution in [1.82, 2.24) is 25.7 Å². The highest BCUT2D eigenvalue weighted by Crippen LogP contribution is 2.46. The first-order valence-corrected chi connectivity index (χ1v) is 14.3. The number of aromatic hydroxyl groups is 1. The molecule has 2 saturated carbocycles. The first kappa shape index (κ1) is 27.7. The third-order valence-electron chi connectivity index (χ3n) is 9.75. The van der Waals surface area contributed by atoms with Crippen LogP contribution in [0.3, 0.4) is 0 Å². The van der Waals surface area contributed by atoms with E-state index in [1.54, 1.807) is 18.3 Å². The molecule has 218 valence electrons. The maximum absolute atomic E-state index is 15.9. The van der Waals surface area contributed by atoms with Crippen LogP contribution in [0.25, 0.3) is 5.57 Å². The number of nitrogens with one attached hydrogen (secondary N) is 3. The molecule has 1 aromatic heterocycles. The minimum Gasteiger partial charge on any atom is -0.508 e. The maximum Gasteiger partial charge on any atom is 0.417 e. The van der Waals surface area contributed by atoms with Crippen molar-refractivity contribution in [2.75, 3.05) is 13.1 Å². The molecule has 0 radical (unpaired) electrons. The number of rotatable bonds is 5. The summed E-state index contributed by atoms with van der Waals surface area (Å²) >= 11 is 0. The molecular formula is C29H37F4N5O2. The van der Waals surface area contributed by atoms with Crippen LogP contribution in [0.4, 0.5) is 17.6 Å². The van der Waals surface area contributed by atoms with Crippen LogP contribution in [0.5, 0.6) is 5.75 Å². The Labute approximate surface area is 231 Å². The molecule has 3 heterocycles. The first-order chi connectivity index (χ1) is 19.1. The summed E-state index contributed by atoms with van der Waals surface area (Å²) < 4.78 is 55.4. The maximum atomic E-state index is 15.9. The highest BCUT2D eigenvalue weighted by molar-refractivity contribution is 5.66. The minimum absolute atomic E-state index is 0.00120. The lowest BCUT2D eigenvalue weighted by Gasteiger charge is -2.40. The number of imidazole rings is 1. The number of hydrogen-bond donors (Lipinski definition) is 5. The molecule has 2 aliphatic carbocycles. The fraction of sp³-hybridized carbons (Fsp3) is 0.621. The van der Waals surface area contributed by atoms with Crippen molar-refractivity contribution in [1.29, 1.82) is 0 Å². The summed E-state index contributed by atoms with van der Waals surface area (Å²) in [6.45, 7) is 3.27. The molecule has 2 aliphatic heterocycles. The molecule has 6 rings (SSSR count). The molecule has 5 unspecified atom stereocenters. The summed E-state index contributed by atoms with van der Waals surface area (Å²) in [5, 5.41) is 19.9. The number of phenolic OH excluding ortho intramolecular Hbond substituents is 1. The molecule has 3 fully saturated rings. The second kappa shape index (κ2) is 10.4. The molecule has 0 spiro atoms.